The molecule has 1 atom stereocenters. The summed E-state index contributed by atoms with van der Waals surface area (Å²) in [6.07, 6.45) is 6.24. The molecule has 0 aromatic rings. The van der Waals surface area contributed by atoms with Crippen LogP contribution in [0.15, 0.2) is 17.1 Å². The first-order valence-corrected chi connectivity index (χ1v) is 11.6. The van der Waals surface area contributed by atoms with Gasteiger partial charge in [0.1, 0.15) is 0 Å². The van der Waals surface area contributed by atoms with Gasteiger partial charge in [0.15, 0.2) is 5.96 Å². The molecule has 3 aliphatic heterocycles. The van der Waals surface area contributed by atoms with Crippen molar-refractivity contribution in [2.24, 2.45) is 10.9 Å². The third-order valence-electron chi connectivity index (χ3n) is 5.87. The molecule has 0 aromatic carbocycles. The summed E-state index contributed by atoms with van der Waals surface area (Å²) < 4.78 is 61.7. The van der Waals surface area contributed by atoms with Gasteiger partial charge >= 0.3 is 15.5 Å². The molecule has 0 spiro atoms. The number of aliphatic imine (C=N–C) groups is 1. The Bertz CT molecular complexity index is 716. The smallest absolute Gasteiger partial charge is 0.357 e. The normalized spacial score (nSPS) is 25.0. The van der Waals surface area contributed by atoms with Crippen LogP contribution < -0.4 is 5.32 Å². The molecule has 3 aliphatic rings. The van der Waals surface area contributed by atoms with E-state index in [0.717, 1.165) is 45.1 Å². The van der Waals surface area contributed by atoms with Crippen molar-refractivity contribution in [3.63, 3.8) is 0 Å². The highest BCUT2D eigenvalue weighted by Gasteiger charge is 2.50. The van der Waals surface area contributed by atoms with E-state index in [4.69, 9.17) is 4.99 Å². The van der Waals surface area contributed by atoms with Gasteiger partial charge in [-0.3, -0.25) is 9.89 Å². The Kier molecular flexibility index (Phi) is 9.25. The number of piperidine rings is 1. The summed E-state index contributed by atoms with van der Waals surface area (Å²) in [5.74, 6) is 0.928. The van der Waals surface area contributed by atoms with Crippen molar-refractivity contribution in [1.82, 2.24) is 19.4 Å². The topological polar surface area (TPSA) is 68.2 Å². The first-order valence-electron chi connectivity index (χ1n) is 10.2. The summed E-state index contributed by atoms with van der Waals surface area (Å²) in [6.45, 7) is 6.86. The van der Waals surface area contributed by atoms with Crippen molar-refractivity contribution in [2.45, 2.75) is 37.7 Å². The Labute approximate surface area is 193 Å². The Hall–Kier alpha value is -0.600. The lowest BCUT2D eigenvalue weighted by molar-refractivity contribution is -0.0496. The van der Waals surface area contributed by atoms with Crippen LogP contribution in [0.3, 0.4) is 0 Å². The lowest BCUT2D eigenvalue weighted by atomic mass is 9.98. The lowest BCUT2D eigenvalue weighted by Gasteiger charge is -2.31. The predicted octanol–water partition coefficient (Wildman–Crippen LogP) is 2.08. The van der Waals surface area contributed by atoms with Gasteiger partial charge in [0.25, 0.3) is 0 Å². The average molecular weight is 565 g/mol. The number of alkyl halides is 3. The second kappa shape index (κ2) is 10.8. The van der Waals surface area contributed by atoms with Crippen LogP contribution in [-0.4, -0.2) is 92.4 Å². The van der Waals surface area contributed by atoms with E-state index in [1.807, 2.05) is 6.92 Å². The van der Waals surface area contributed by atoms with Crippen LogP contribution in [0.25, 0.3) is 0 Å². The number of nitrogens with zero attached hydrogens (tertiary/aromatic N) is 4. The molecule has 3 rings (SSSR count). The van der Waals surface area contributed by atoms with E-state index in [9.17, 15) is 21.6 Å². The fourth-order valence-electron chi connectivity index (χ4n) is 4.14. The van der Waals surface area contributed by atoms with Crippen LogP contribution in [0.4, 0.5) is 13.2 Å². The quantitative estimate of drug-likeness (QED) is 0.240. The van der Waals surface area contributed by atoms with Crippen LogP contribution in [0, 0.1) is 5.92 Å². The van der Waals surface area contributed by atoms with Crippen molar-refractivity contribution < 1.29 is 21.6 Å². The van der Waals surface area contributed by atoms with Gasteiger partial charge in [0, 0.05) is 58.4 Å². The number of likely N-dealkylation sites (tertiary alicyclic amines) is 1. The molecular weight excluding hydrogens is 534 g/mol. The Morgan fingerprint density at radius 2 is 1.77 bits per heavy atom. The zero-order chi connectivity index (χ0) is 21.1. The van der Waals surface area contributed by atoms with Crippen LogP contribution in [0.2, 0.25) is 0 Å². The third-order valence-corrected chi connectivity index (χ3v) is 7.50. The van der Waals surface area contributed by atoms with E-state index < -0.39 is 15.5 Å². The highest BCUT2D eigenvalue weighted by Crippen LogP contribution is 2.30. The van der Waals surface area contributed by atoms with Gasteiger partial charge in [-0.15, -0.1) is 24.0 Å². The number of sulfonamides is 1. The van der Waals surface area contributed by atoms with Crippen LogP contribution >= 0.6 is 24.0 Å². The summed E-state index contributed by atoms with van der Waals surface area (Å²) in [4.78, 5) is 9.41. The summed E-state index contributed by atoms with van der Waals surface area (Å²) in [7, 11) is -5.22. The molecule has 2 saturated heterocycles. The minimum absolute atomic E-state index is 0. The minimum Gasteiger partial charge on any atom is -0.357 e. The number of halogens is 4. The maximum Gasteiger partial charge on any atom is 0.511 e. The second-order valence-electron chi connectivity index (χ2n) is 7.80. The van der Waals surface area contributed by atoms with Crippen molar-refractivity contribution in [3.05, 3.63) is 12.2 Å². The summed E-state index contributed by atoms with van der Waals surface area (Å²) in [5.41, 5.74) is -5.23. The van der Waals surface area contributed by atoms with Gasteiger partial charge in [-0.2, -0.15) is 17.5 Å². The first-order chi connectivity index (χ1) is 13.7. The van der Waals surface area contributed by atoms with E-state index in [2.05, 4.69) is 27.3 Å². The van der Waals surface area contributed by atoms with E-state index in [-0.39, 0.29) is 43.0 Å². The molecule has 0 bridgehead atoms. The summed E-state index contributed by atoms with van der Waals surface area (Å²) >= 11 is 0. The first kappa shape index (κ1) is 25.7. The Morgan fingerprint density at radius 3 is 2.33 bits per heavy atom. The molecule has 0 radical (unpaired) electrons. The molecular formula is C18H31F3IN5O2S. The Balaban J connectivity index is 0.00000320. The zero-order valence-corrected chi connectivity index (χ0v) is 20.3. The van der Waals surface area contributed by atoms with Crippen molar-refractivity contribution in [1.29, 1.82) is 0 Å². The molecule has 2 fully saturated rings. The molecule has 1 N–H and O–H groups in total. The third kappa shape index (κ3) is 6.00. The number of guanidine groups is 1. The number of hydrogen-bond acceptors (Lipinski definition) is 4. The maximum atomic E-state index is 12.7. The standard InChI is InChI=1S/C18H30F3N5O2S.HI/c1-2-22-17(25-10-7-16(14-25)24-8-3-4-9-24)23-13-15-5-11-26(12-6-15)29(27,28)18(19,20)21;/h3-4,15-16H,2,5-14H2,1H3,(H,22,23);1H. The SMILES string of the molecule is CCNC(=NCC1CCN(S(=O)(=O)C(F)(F)F)CC1)N1CCC(N2CC=CC2)C1.I. The van der Waals surface area contributed by atoms with Crippen LogP contribution in [0.1, 0.15) is 26.2 Å². The number of hydrogen-bond donors (Lipinski definition) is 1. The molecule has 0 aliphatic carbocycles. The van der Waals surface area contributed by atoms with Gasteiger partial charge in [0.2, 0.25) is 0 Å². The molecule has 0 aromatic heterocycles. The number of nitrogens with one attached hydrogen (secondary N) is 1. The van der Waals surface area contributed by atoms with Gasteiger partial charge in [-0.05, 0) is 32.1 Å². The van der Waals surface area contributed by atoms with Crippen molar-refractivity contribution >= 4 is 40.0 Å². The molecule has 174 valence electrons. The Morgan fingerprint density at radius 1 is 1.13 bits per heavy atom. The molecule has 3 heterocycles. The summed E-state index contributed by atoms with van der Waals surface area (Å²) in [6, 6.07) is 0.504. The van der Waals surface area contributed by atoms with Gasteiger partial charge in [0.05, 0.1) is 0 Å². The molecule has 12 heteroatoms. The summed E-state index contributed by atoms with van der Waals surface area (Å²) in [5, 5.41) is 3.31. The molecule has 0 saturated carbocycles. The maximum absolute atomic E-state index is 12.7. The fourth-order valence-corrected chi connectivity index (χ4v) is 5.13. The number of rotatable bonds is 5. The van der Waals surface area contributed by atoms with E-state index in [1.54, 1.807) is 0 Å². The average Bonchev–Trinajstić information content (AvgIpc) is 3.36. The molecule has 30 heavy (non-hydrogen) atoms. The highest BCUT2D eigenvalue weighted by molar-refractivity contribution is 14.0. The van der Waals surface area contributed by atoms with E-state index in [1.165, 1.54) is 0 Å². The van der Waals surface area contributed by atoms with E-state index >= 15 is 0 Å². The lowest BCUT2D eigenvalue weighted by Crippen LogP contribution is -2.45. The van der Waals surface area contributed by atoms with E-state index in [0.29, 0.717) is 29.7 Å². The van der Waals surface area contributed by atoms with Crippen LogP contribution in [0.5, 0.6) is 0 Å². The molecule has 0 amide bonds. The second-order valence-corrected chi connectivity index (χ2v) is 9.73. The van der Waals surface area contributed by atoms with Crippen LogP contribution in [-0.2, 0) is 10.0 Å². The largest absolute Gasteiger partial charge is 0.511 e. The molecule has 1 unspecified atom stereocenters. The van der Waals surface area contributed by atoms with Gasteiger partial charge in [-0.1, -0.05) is 12.2 Å². The fraction of sp³-hybridized carbons (Fsp3) is 0.833. The molecule has 7 nitrogen and oxygen atoms in total. The minimum atomic E-state index is -5.23. The van der Waals surface area contributed by atoms with Crippen molar-refractivity contribution in [2.75, 3.05) is 52.4 Å². The van der Waals surface area contributed by atoms with Gasteiger partial charge < -0.3 is 10.2 Å². The zero-order valence-electron chi connectivity index (χ0n) is 17.1. The highest BCUT2D eigenvalue weighted by atomic mass is 127. The van der Waals surface area contributed by atoms with Gasteiger partial charge in [-0.25, -0.2) is 8.42 Å². The predicted molar refractivity (Wildman–Crippen MR) is 121 cm³/mol. The monoisotopic (exact) mass is 565 g/mol. The van der Waals surface area contributed by atoms with Crippen molar-refractivity contribution in [3.8, 4) is 0 Å².